The Labute approximate surface area is 134 Å². The van der Waals surface area contributed by atoms with E-state index in [1.165, 1.54) is 12.8 Å². The second kappa shape index (κ2) is 8.49. The van der Waals surface area contributed by atoms with Gasteiger partial charge in [0.1, 0.15) is 5.75 Å². The van der Waals surface area contributed by atoms with Gasteiger partial charge in [0, 0.05) is 5.33 Å². The van der Waals surface area contributed by atoms with Crippen molar-refractivity contribution in [2.75, 3.05) is 11.9 Å². The topological polar surface area (TPSA) is 33.0 Å². The highest BCUT2D eigenvalue weighted by Crippen LogP contribution is 2.22. The summed E-state index contributed by atoms with van der Waals surface area (Å²) >= 11 is 3.43. The van der Waals surface area contributed by atoms with Crippen molar-refractivity contribution in [2.24, 2.45) is 0 Å². The molecule has 2 rings (SSSR count). The van der Waals surface area contributed by atoms with E-state index in [1.807, 2.05) is 36.4 Å². The lowest BCUT2D eigenvalue weighted by molar-refractivity contribution is 0.306. The van der Waals surface area contributed by atoms with E-state index in [2.05, 4.69) is 34.1 Å². The number of halogens is 1. The van der Waals surface area contributed by atoms with Crippen molar-refractivity contribution < 1.29 is 4.74 Å². The van der Waals surface area contributed by atoms with Gasteiger partial charge in [-0.1, -0.05) is 40.2 Å². The summed E-state index contributed by atoms with van der Waals surface area (Å²) in [5, 5.41) is 9.86. The molecule has 2 nitrogen and oxygen atoms in total. The molecule has 0 aliphatic heterocycles. The maximum Gasteiger partial charge on any atom is 0.119 e. The number of alkyl halides is 1. The van der Waals surface area contributed by atoms with Gasteiger partial charge in [0.05, 0.1) is 18.2 Å². The van der Waals surface area contributed by atoms with Crippen LogP contribution in [0.5, 0.6) is 5.75 Å². The van der Waals surface area contributed by atoms with Crippen molar-refractivity contribution in [1.29, 1.82) is 5.26 Å². The van der Waals surface area contributed by atoms with E-state index in [0.29, 0.717) is 5.56 Å². The molecular weight excluding hydrogens is 326 g/mol. The normalized spacial score (nSPS) is 10.1. The highest BCUT2D eigenvalue weighted by atomic mass is 79.9. The number of benzene rings is 2. The zero-order valence-electron chi connectivity index (χ0n) is 11.9. The molecule has 0 unspecified atom stereocenters. The van der Waals surface area contributed by atoms with E-state index >= 15 is 0 Å². The van der Waals surface area contributed by atoms with Crippen LogP contribution in [0.15, 0.2) is 48.5 Å². The Morgan fingerprint density at radius 3 is 2.05 bits per heavy atom. The summed E-state index contributed by atoms with van der Waals surface area (Å²) in [4.78, 5) is 0. The van der Waals surface area contributed by atoms with Crippen molar-refractivity contribution in [3.8, 4) is 22.9 Å². The third-order valence-electron chi connectivity index (χ3n) is 3.25. The fourth-order valence-electron chi connectivity index (χ4n) is 2.04. The molecule has 0 heterocycles. The van der Waals surface area contributed by atoms with E-state index in [1.54, 1.807) is 0 Å². The number of nitriles is 1. The van der Waals surface area contributed by atoms with Crippen LogP contribution in [0.2, 0.25) is 0 Å². The quantitative estimate of drug-likeness (QED) is 0.513. The zero-order valence-corrected chi connectivity index (χ0v) is 13.5. The number of nitrogens with zero attached hydrogens (tertiary/aromatic N) is 1. The monoisotopic (exact) mass is 343 g/mol. The fraction of sp³-hybridized carbons (Fsp3) is 0.278. The minimum absolute atomic E-state index is 0.683. The van der Waals surface area contributed by atoms with Crippen LogP contribution >= 0.6 is 15.9 Å². The van der Waals surface area contributed by atoms with Crippen molar-refractivity contribution in [1.82, 2.24) is 0 Å². The van der Waals surface area contributed by atoms with Gasteiger partial charge in [0.25, 0.3) is 0 Å². The fourth-order valence-corrected chi connectivity index (χ4v) is 2.44. The molecule has 0 aliphatic carbocycles. The predicted molar refractivity (Wildman–Crippen MR) is 89.7 cm³/mol. The summed E-state index contributed by atoms with van der Waals surface area (Å²) in [5.74, 6) is 0.909. The smallest absolute Gasteiger partial charge is 0.119 e. The van der Waals surface area contributed by atoms with E-state index < -0.39 is 0 Å². The number of ether oxygens (including phenoxy) is 1. The van der Waals surface area contributed by atoms with Crippen LogP contribution in [-0.4, -0.2) is 11.9 Å². The summed E-state index contributed by atoms with van der Waals surface area (Å²) in [6.45, 7) is 0.767. The number of hydrogen-bond donors (Lipinski definition) is 0. The van der Waals surface area contributed by atoms with Gasteiger partial charge in [0.15, 0.2) is 0 Å². The summed E-state index contributed by atoms with van der Waals surface area (Å²) in [6.07, 6.45) is 3.47. The summed E-state index contributed by atoms with van der Waals surface area (Å²) in [7, 11) is 0. The Balaban J connectivity index is 1.90. The van der Waals surface area contributed by atoms with Crippen molar-refractivity contribution in [2.45, 2.75) is 19.3 Å². The molecule has 0 radical (unpaired) electrons. The first-order valence-electron chi connectivity index (χ1n) is 7.13. The number of rotatable bonds is 7. The van der Waals surface area contributed by atoms with Crippen molar-refractivity contribution >= 4 is 15.9 Å². The van der Waals surface area contributed by atoms with Gasteiger partial charge < -0.3 is 4.74 Å². The highest BCUT2D eigenvalue weighted by Gasteiger charge is 1.99. The highest BCUT2D eigenvalue weighted by molar-refractivity contribution is 9.09. The predicted octanol–water partition coefficient (Wildman–Crippen LogP) is 5.17. The second-order valence-electron chi connectivity index (χ2n) is 4.81. The molecule has 0 N–H and O–H groups in total. The molecule has 0 amide bonds. The van der Waals surface area contributed by atoms with Gasteiger partial charge in [-0.05, 0) is 54.7 Å². The SMILES string of the molecule is N#Cc1ccc(-c2ccc(OCCCCCBr)cc2)cc1. The van der Waals surface area contributed by atoms with Gasteiger partial charge in [-0.2, -0.15) is 5.26 Å². The van der Waals surface area contributed by atoms with Crippen LogP contribution < -0.4 is 4.74 Å². The van der Waals surface area contributed by atoms with Crippen molar-refractivity contribution in [3.05, 3.63) is 54.1 Å². The lowest BCUT2D eigenvalue weighted by Gasteiger charge is -2.07. The van der Waals surface area contributed by atoms with Crippen LogP contribution in [0.3, 0.4) is 0 Å². The second-order valence-corrected chi connectivity index (χ2v) is 5.60. The average Bonchev–Trinajstić information content (AvgIpc) is 2.55. The molecule has 0 atom stereocenters. The van der Waals surface area contributed by atoms with E-state index in [9.17, 15) is 0 Å². The van der Waals surface area contributed by atoms with Crippen LogP contribution in [0, 0.1) is 11.3 Å². The van der Waals surface area contributed by atoms with Crippen LogP contribution in [-0.2, 0) is 0 Å². The molecule has 0 aromatic heterocycles. The largest absolute Gasteiger partial charge is 0.494 e. The van der Waals surface area contributed by atoms with Crippen LogP contribution in [0.25, 0.3) is 11.1 Å². The Kier molecular flexibility index (Phi) is 6.30. The first kappa shape index (κ1) is 15.6. The number of hydrogen-bond acceptors (Lipinski definition) is 2. The molecular formula is C18H18BrNO. The molecule has 2 aromatic rings. The minimum atomic E-state index is 0.683. The van der Waals surface area contributed by atoms with E-state index in [4.69, 9.17) is 10.00 Å². The molecule has 2 aromatic carbocycles. The molecule has 3 heteroatoms. The Morgan fingerprint density at radius 2 is 1.48 bits per heavy atom. The summed E-state index contributed by atoms with van der Waals surface area (Å²) in [6, 6.07) is 17.8. The first-order chi connectivity index (χ1) is 10.3. The molecule has 0 aliphatic rings. The average molecular weight is 344 g/mol. The summed E-state index contributed by atoms with van der Waals surface area (Å²) in [5.41, 5.74) is 2.92. The van der Waals surface area contributed by atoms with Gasteiger partial charge in [-0.15, -0.1) is 0 Å². The molecule has 0 fully saturated rings. The lowest BCUT2D eigenvalue weighted by Crippen LogP contribution is -1.97. The summed E-state index contributed by atoms with van der Waals surface area (Å²) < 4.78 is 5.72. The zero-order chi connectivity index (χ0) is 14.9. The van der Waals surface area contributed by atoms with Crippen LogP contribution in [0.1, 0.15) is 24.8 Å². The van der Waals surface area contributed by atoms with Crippen molar-refractivity contribution in [3.63, 3.8) is 0 Å². The maximum atomic E-state index is 8.80. The third-order valence-corrected chi connectivity index (χ3v) is 3.81. The van der Waals surface area contributed by atoms with Gasteiger partial charge >= 0.3 is 0 Å². The molecule has 0 saturated heterocycles. The molecule has 0 bridgehead atoms. The van der Waals surface area contributed by atoms with Crippen LogP contribution in [0.4, 0.5) is 0 Å². The van der Waals surface area contributed by atoms with E-state index in [-0.39, 0.29) is 0 Å². The maximum absolute atomic E-state index is 8.80. The third kappa shape index (κ3) is 4.91. The Morgan fingerprint density at radius 1 is 0.857 bits per heavy atom. The Bertz CT molecular complexity index is 584. The van der Waals surface area contributed by atoms with Gasteiger partial charge in [-0.3, -0.25) is 0 Å². The number of unbranched alkanes of at least 4 members (excludes halogenated alkanes) is 2. The lowest BCUT2D eigenvalue weighted by atomic mass is 10.0. The standard InChI is InChI=1S/C18H18BrNO/c19-12-2-1-3-13-21-18-10-8-17(9-11-18)16-6-4-15(14-20)5-7-16/h4-11H,1-3,12-13H2. The molecule has 0 spiro atoms. The molecule has 21 heavy (non-hydrogen) atoms. The van der Waals surface area contributed by atoms with Gasteiger partial charge in [-0.25, -0.2) is 0 Å². The molecule has 0 saturated carbocycles. The first-order valence-corrected chi connectivity index (χ1v) is 8.25. The molecule has 108 valence electrons. The van der Waals surface area contributed by atoms with Gasteiger partial charge in [0.2, 0.25) is 0 Å². The van der Waals surface area contributed by atoms with E-state index in [0.717, 1.165) is 35.2 Å². The Hall–Kier alpha value is -1.79. The minimum Gasteiger partial charge on any atom is -0.494 e.